The Bertz CT molecular complexity index is 379. The summed E-state index contributed by atoms with van der Waals surface area (Å²) in [5.74, 6) is 1.44. The molecule has 0 aromatic carbocycles. The minimum Gasteiger partial charge on any atom is -0.474 e. The van der Waals surface area contributed by atoms with Crippen LogP contribution in [0.5, 0.6) is 5.88 Å². The molecule has 0 atom stereocenters. The molecule has 1 aromatic rings. The van der Waals surface area contributed by atoms with Crippen molar-refractivity contribution in [1.29, 1.82) is 0 Å². The van der Waals surface area contributed by atoms with E-state index in [1.54, 1.807) is 12.4 Å². The van der Waals surface area contributed by atoms with Gasteiger partial charge in [0.05, 0.1) is 18.5 Å². The van der Waals surface area contributed by atoms with Crippen molar-refractivity contribution in [3.63, 3.8) is 0 Å². The quantitative estimate of drug-likeness (QED) is 0.794. The summed E-state index contributed by atoms with van der Waals surface area (Å²) in [5, 5.41) is 3.48. The number of nitrogens with zero attached hydrogens (tertiary/aromatic N) is 3. The fourth-order valence-corrected chi connectivity index (χ4v) is 1.66. The monoisotopic (exact) mass is 250 g/mol. The zero-order chi connectivity index (χ0) is 13.0. The highest BCUT2D eigenvalue weighted by atomic mass is 16.5. The lowest BCUT2D eigenvalue weighted by molar-refractivity contribution is 0.231. The Morgan fingerprint density at radius 3 is 2.89 bits per heavy atom. The minimum atomic E-state index is 0.122. The molecule has 1 aromatic heterocycles. The van der Waals surface area contributed by atoms with Crippen LogP contribution < -0.4 is 15.0 Å². The Morgan fingerprint density at radius 1 is 1.44 bits per heavy atom. The molecule has 1 aliphatic carbocycles. The van der Waals surface area contributed by atoms with Crippen LogP contribution in [0.2, 0.25) is 0 Å². The van der Waals surface area contributed by atoms with Gasteiger partial charge in [-0.15, -0.1) is 0 Å². The second kappa shape index (κ2) is 6.00. The zero-order valence-corrected chi connectivity index (χ0v) is 11.4. The number of hydrogen-bond acceptors (Lipinski definition) is 5. The first-order valence-electron chi connectivity index (χ1n) is 6.58. The molecule has 1 heterocycles. The van der Waals surface area contributed by atoms with Crippen molar-refractivity contribution in [2.24, 2.45) is 0 Å². The smallest absolute Gasteiger partial charge is 0.234 e. The number of nitrogens with one attached hydrogen (secondary N) is 1. The molecule has 0 amide bonds. The molecular weight excluding hydrogens is 228 g/mol. The molecule has 2 rings (SSSR count). The van der Waals surface area contributed by atoms with Crippen LogP contribution >= 0.6 is 0 Å². The summed E-state index contributed by atoms with van der Waals surface area (Å²) < 4.78 is 5.54. The molecule has 5 heteroatoms. The molecule has 18 heavy (non-hydrogen) atoms. The topological polar surface area (TPSA) is 50.3 Å². The normalized spacial score (nSPS) is 14.9. The minimum absolute atomic E-state index is 0.122. The lowest BCUT2D eigenvalue weighted by Gasteiger charge is -2.19. The SMILES string of the molecule is CC(C)Oc1cncc(N(C)CCNC2CC2)n1. The number of hydrogen-bond donors (Lipinski definition) is 1. The van der Waals surface area contributed by atoms with E-state index in [9.17, 15) is 0 Å². The molecule has 0 unspecified atom stereocenters. The van der Waals surface area contributed by atoms with E-state index in [2.05, 4.69) is 20.2 Å². The lowest BCUT2D eigenvalue weighted by atomic mass is 10.5. The molecule has 0 saturated heterocycles. The molecule has 1 aliphatic rings. The number of aromatic nitrogens is 2. The van der Waals surface area contributed by atoms with E-state index in [1.165, 1.54) is 12.8 Å². The van der Waals surface area contributed by atoms with Crippen molar-refractivity contribution in [1.82, 2.24) is 15.3 Å². The Labute approximate surface area is 109 Å². The maximum absolute atomic E-state index is 5.54. The van der Waals surface area contributed by atoms with E-state index in [4.69, 9.17) is 4.74 Å². The van der Waals surface area contributed by atoms with E-state index in [-0.39, 0.29) is 6.10 Å². The van der Waals surface area contributed by atoms with Gasteiger partial charge < -0.3 is 15.0 Å². The van der Waals surface area contributed by atoms with Gasteiger partial charge >= 0.3 is 0 Å². The second-order valence-electron chi connectivity index (χ2n) is 5.03. The second-order valence-corrected chi connectivity index (χ2v) is 5.03. The predicted octanol–water partition coefficient (Wildman–Crippen LogP) is 1.45. The molecule has 0 bridgehead atoms. The highest BCUT2D eigenvalue weighted by Gasteiger charge is 2.19. The van der Waals surface area contributed by atoms with Crippen molar-refractivity contribution in [2.75, 3.05) is 25.0 Å². The third-order valence-electron chi connectivity index (χ3n) is 2.80. The molecule has 5 nitrogen and oxygen atoms in total. The third-order valence-corrected chi connectivity index (χ3v) is 2.80. The van der Waals surface area contributed by atoms with Crippen LogP contribution in [0.3, 0.4) is 0 Å². The highest BCUT2D eigenvalue weighted by Crippen LogP contribution is 2.18. The third kappa shape index (κ3) is 4.14. The molecule has 1 saturated carbocycles. The van der Waals surface area contributed by atoms with E-state index in [1.807, 2.05) is 20.9 Å². The Balaban J connectivity index is 1.85. The fourth-order valence-electron chi connectivity index (χ4n) is 1.66. The van der Waals surface area contributed by atoms with E-state index in [0.29, 0.717) is 5.88 Å². The summed E-state index contributed by atoms with van der Waals surface area (Å²) in [7, 11) is 2.03. The van der Waals surface area contributed by atoms with Gasteiger partial charge in [-0.25, -0.2) is 0 Å². The summed E-state index contributed by atoms with van der Waals surface area (Å²) in [5.41, 5.74) is 0. The number of ether oxygens (including phenoxy) is 1. The van der Waals surface area contributed by atoms with E-state index < -0.39 is 0 Å². The average molecular weight is 250 g/mol. The van der Waals surface area contributed by atoms with E-state index in [0.717, 1.165) is 24.9 Å². The van der Waals surface area contributed by atoms with Gasteiger partial charge in [-0.2, -0.15) is 4.98 Å². The van der Waals surface area contributed by atoms with Crippen LogP contribution in [0.25, 0.3) is 0 Å². The number of rotatable bonds is 7. The molecule has 1 fully saturated rings. The molecule has 1 N–H and O–H groups in total. The maximum atomic E-state index is 5.54. The maximum Gasteiger partial charge on any atom is 0.234 e. The van der Waals surface area contributed by atoms with Crippen LogP contribution in [0, 0.1) is 0 Å². The van der Waals surface area contributed by atoms with Crippen LogP contribution in [0.15, 0.2) is 12.4 Å². The molecule has 0 spiro atoms. The van der Waals surface area contributed by atoms with Gasteiger partial charge in [0.25, 0.3) is 0 Å². The van der Waals surface area contributed by atoms with Crippen LogP contribution in [0.4, 0.5) is 5.82 Å². The van der Waals surface area contributed by atoms with Crippen molar-refractivity contribution in [2.45, 2.75) is 38.8 Å². The first kappa shape index (κ1) is 13.1. The van der Waals surface area contributed by atoms with Gasteiger partial charge in [-0.05, 0) is 26.7 Å². The Kier molecular flexibility index (Phi) is 4.36. The highest BCUT2D eigenvalue weighted by molar-refractivity contribution is 5.36. The lowest BCUT2D eigenvalue weighted by Crippen LogP contribution is -2.30. The zero-order valence-electron chi connectivity index (χ0n) is 11.4. The van der Waals surface area contributed by atoms with Crippen molar-refractivity contribution in [3.8, 4) is 5.88 Å². The number of likely N-dealkylation sites (N-methyl/N-ethyl adjacent to an activating group) is 1. The van der Waals surface area contributed by atoms with Crippen LogP contribution in [0.1, 0.15) is 26.7 Å². The van der Waals surface area contributed by atoms with Gasteiger partial charge in [0.2, 0.25) is 5.88 Å². The molecule has 0 radical (unpaired) electrons. The van der Waals surface area contributed by atoms with Crippen LogP contribution in [-0.4, -0.2) is 42.3 Å². The Hall–Kier alpha value is -1.36. The first-order chi connectivity index (χ1) is 8.65. The van der Waals surface area contributed by atoms with Gasteiger partial charge in [0, 0.05) is 26.2 Å². The first-order valence-corrected chi connectivity index (χ1v) is 6.58. The average Bonchev–Trinajstić information content (AvgIpc) is 3.12. The summed E-state index contributed by atoms with van der Waals surface area (Å²) in [6.45, 7) is 5.88. The van der Waals surface area contributed by atoms with Crippen molar-refractivity contribution in [3.05, 3.63) is 12.4 Å². The largest absolute Gasteiger partial charge is 0.474 e. The number of anilines is 1. The standard InChI is InChI=1S/C13H22N4O/c1-10(2)18-13-9-14-8-12(16-13)17(3)7-6-15-11-4-5-11/h8-11,15H,4-7H2,1-3H3. The predicted molar refractivity (Wildman–Crippen MR) is 72.1 cm³/mol. The molecular formula is C13H22N4O. The van der Waals surface area contributed by atoms with Crippen molar-refractivity contribution >= 4 is 5.82 Å². The fraction of sp³-hybridized carbons (Fsp3) is 0.692. The Morgan fingerprint density at radius 2 is 2.22 bits per heavy atom. The summed E-state index contributed by atoms with van der Waals surface area (Å²) in [4.78, 5) is 10.7. The van der Waals surface area contributed by atoms with Crippen molar-refractivity contribution < 1.29 is 4.74 Å². The molecule has 0 aliphatic heterocycles. The van der Waals surface area contributed by atoms with Gasteiger partial charge in [-0.1, -0.05) is 0 Å². The summed E-state index contributed by atoms with van der Waals surface area (Å²) in [6.07, 6.45) is 6.18. The summed E-state index contributed by atoms with van der Waals surface area (Å²) >= 11 is 0. The van der Waals surface area contributed by atoms with Gasteiger partial charge in [-0.3, -0.25) is 4.98 Å². The van der Waals surface area contributed by atoms with Crippen LogP contribution in [-0.2, 0) is 0 Å². The summed E-state index contributed by atoms with van der Waals surface area (Å²) in [6, 6.07) is 0.750. The van der Waals surface area contributed by atoms with Gasteiger partial charge in [0.1, 0.15) is 0 Å². The van der Waals surface area contributed by atoms with E-state index >= 15 is 0 Å². The van der Waals surface area contributed by atoms with Gasteiger partial charge in [0.15, 0.2) is 5.82 Å². The molecule has 100 valence electrons.